The van der Waals surface area contributed by atoms with Crippen molar-refractivity contribution >= 4 is 17.4 Å². The zero-order valence-electron chi connectivity index (χ0n) is 11.6. The highest BCUT2D eigenvalue weighted by Crippen LogP contribution is 2.38. The molecule has 1 heterocycles. The zero-order valence-corrected chi connectivity index (χ0v) is 12.4. The van der Waals surface area contributed by atoms with Crippen LogP contribution >= 0.6 is 11.6 Å². The lowest BCUT2D eigenvalue weighted by atomic mass is 9.71. The fourth-order valence-corrected chi connectivity index (χ4v) is 2.94. The zero-order chi connectivity index (χ0) is 14.0. The van der Waals surface area contributed by atoms with Gasteiger partial charge in [-0.1, -0.05) is 25.4 Å². The largest absolute Gasteiger partial charge is 0.495 e. The predicted octanol–water partition coefficient (Wildman–Crippen LogP) is 3.17. The molecule has 2 rings (SSSR count). The van der Waals surface area contributed by atoms with E-state index in [4.69, 9.17) is 16.3 Å². The minimum atomic E-state index is -0.307. The van der Waals surface area contributed by atoms with Crippen LogP contribution in [0, 0.1) is 11.3 Å². The lowest BCUT2D eigenvalue weighted by Crippen LogP contribution is -2.38. The fourth-order valence-electron chi connectivity index (χ4n) is 2.75. The Morgan fingerprint density at radius 3 is 2.74 bits per heavy atom. The molecule has 1 atom stereocenters. The van der Waals surface area contributed by atoms with Gasteiger partial charge in [-0.25, -0.2) is 0 Å². The summed E-state index contributed by atoms with van der Waals surface area (Å²) in [5, 5.41) is 3.84. The molecule has 1 unspecified atom stereocenters. The molecule has 1 aliphatic rings. The lowest BCUT2D eigenvalue weighted by molar-refractivity contribution is 0.0739. The molecule has 0 bridgehead atoms. The van der Waals surface area contributed by atoms with Crippen LogP contribution < -0.4 is 10.1 Å². The number of rotatable bonds is 4. The first kappa shape index (κ1) is 14.4. The average Bonchev–Trinajstić information content (AvgIpc) is 2.89. The molecule has 1 aromatic carbocycles. The van der Waals surface area contributed by atoms with Crippen LogP contribution in [0.1, 0.15) is 30.6 Å². The summed E-state index contributed by atoms with van der Waals surface area (Å²) in [6.45, 7) is 5.86. The summed E-state index contributed by atoms with van der Waals surface area (Å²) in [6, 6.07) is 5.26. The third-order valence-corrected chi connectivity index (χ3v) is 4.47. The van der Waals surface area contributed by atoms with Gasteiger partial charge < -0.3 is 10.1 Å². The molecule has 1 N–H and O–H groups in total. The van der Waals surface area contributed by atoms with Gasteiger partial charge in [0.1, 0.15) is 5.75 Å². The van der Waals surface area contributed by atoms with Crippen LogP contribution in [-0.2, 0) is 0 Å². The minimum Gasteiger partial charge on any atom is -0.495 e. The average molecular weight is 282 g/mol. The van der Waals surface area contributed by atoms with Crippen molar-refractivity contribution in [2.24, 2.45) is 11.3 Å². The Balaban J connectivity index is 2.37. The van der Waals surface area contributed by atoms with Crippen molar-refractivity contribution in [3.05, 3.63) is 28.8 Å². The Hall–Kier alpha value is -1.06. The molecule has 1 aromatic rings. The van der Waals surface area contributed by atoms with E-state index in [0.29, 0.717) is 22.3 Å². The molecule has 0 spiro atoms. The molecule has 0 radical (unpaired) electrons. The third kappa shape index (κ3) is 2.49. The number of benzene rings is 1. The molecule has 1 aliphatic heterocycles. The summed E-state index contributed by atoms with van der Waals surface area (Å²) in [6.07, 6.45) is 0.883. The van der Waals surface area contributed by atoms with Crippen LogP contribution in [0.5, 0.6) is 5.75 Å². The van der Waals surface area contributed by atoms with Crippen molar-refractivity contribution in [3.63, 3.8) is 0 Å². The van der Waals surface area contributed by atoms with E-state index in [2.05, 4.69) is 19.2 Å². The number of carbonyl (C=O) groups excluding carboxylic acids is 1. The van der Waals surface area contributed by atoms with E-state index in [1.807, 2.05) is 0 Å². The molecule has 0 amide bonds. The Morgan fingerprint density at radius 2 is 2.21 bits per heavy atom. The molecule has 19 heavy (non-hydrogen) atoms. The van der Waals surface area contributed by atoms with Gasteiger partial charge in [0.2, 0.25) is 0 Å². The second kappa shape index (κ2) is 5.51. The van der Waals surface area contributed by atoms with E-state index in [-0.39, 0.29) is 11.2 Å². The summed E-state index contributed by atoms with van der Waals surface area (Å²) in [5.74, 6) is 1.04. The van der Waals surface area contributed by atoms with E-state index in [1.165, 1.54) is 0 Å². The Bertz CT molecular complexity index is 479. The maximum Gasteiger partial charge on any atom is 0.170 e. The maximum absolute atomic E-state index is 12.9. The van der Waals surface area contributed by atoms with Crippen LogP contribution in [0.4, 0.5) is 0 Å². The molecule has 1 saturated heterocycles. The van der Waals surface area contributed by atoms with Crippen LogP contribution in [0.25, 0.3) is 0 Å². The summed E-state index contributed by atoms with van der Waals surface area (Å²) in [7, 11) is 1.56. The number of hydrogen-bond acceptors (Lipinski definition) is 3. The molecule has 3 nitrogen and oxygen atoms in total. The molecule has 104 valence electrons. The van der Waals surface area contributed by atoms with Crippen LogP contribution in [0.15, 0.2) is 18.2 Å². The predicted molar refractivity (Wildman–Crippen MR) is 77.1 cm³/mol. The van der Waals surface area contributed by atoms with Crippen molar-refractivity contribution < 1.29 is 9.53 Å². The highest BCUT2D eigenvalue weighted by Gasteiger charge is 2.44. The summed E-state index contributed by atoms with van der Waals surface area (Å²) in [4.78, 5) is 12.9. The fraction of sp³-hybridized carbons (Fsp3) is 0.533. The number of Topliss-reactive ketones (excluding diaryl/α,β-unsaturated/α-hetero) is 1. The van der Waals surface area contributed by atoms with E-state index in [9.17, 15) is 4.79 Å². The van der Waals surface area contributed by atoms with Gasteiger partial charge in [0.05, 0.1) is 12.1 Å². The van der Waals surface area contributed by atoms with Crippen molar-refractivity contribution in [1.82, 2.24) is 5.32 Å². The van der Waals surface area contributed by atoms with Crippen LogP contribution in [0.2, 0.25) is 5.02 Å². The molecule has 4 heteroatoms. The highest BCUT2D eigenvalue weighted by atomic mass is 35.5. The monoisotopic (exact) mass is 281 g/mol. The standard InChI is InChI=1S/C15H20ClNO2/c1-10(2)15(6-7-17-9-15)14(18)11-4-5-12(16)13(8-11)19-3/h4-5,8,10,17H,6-7,9H2,1-3H3. The number of ketones is 1. The quantitative estimate of drug-likeness (QED) is 0.862. The van der Waals surface area contributed by atoms with Crippen LogP contribution in [0.3, 0.4) is 0 Å². The topological polar surface area (TPSA) is 38.3 Å². The molecule has 1 fully saturated rings. The third-order valence-electron chi connectivity index (χ3n) is 4.16. The number of carbonyl (C=O) groups is 1. The number of methoxy groups -OCH3 is 1. The first-order chi connectivity index (χ1) is 9.01. The Morgan fingerprint density at radius 1 is 1.47 bits per heavy atom. The maximum atomic E-state index is 12.9. The molecular formula is C15H20ClNO2. The highest BCUT2D eigenvalue weighted by molar-refractivity contribution is 6.32. The lowest BCUT2D eigenvalue weighted by Gasteiger charge is -2.31. The minimum absolute atomic E-state index is 0.183. The van der Waals surface area contributed by atoms with Crippen molar-refractivity contribution in [3.8, 4) is 5.75 Å². The first-order valence-electron chi connectivity index (χ1n) is 6.60. The Labute approximate surface area is 119 Å². The molecule has 0 saturated carbocycles. The van der Waals surface area contributed by atoms with Gasteiger partial charge in [-0.15, -0.1) is 0 Å². The molecular weight excluding hydrogens is 262 g/mol. The van der Waals surface area contributed by atoms with Gasteiger partial charge in [0.15, 0.2) is 5.78 Å². The van der Waals surface area contributed by atoms with E-state index in [1.54, 1.807) is 25.3 Å². The number of nitrogens with one attached hydrogen (secondary N) is 1. The van der Waals surface area contributed by atoms with Gasteiger partial charge in [-0.05, 0) is 37.1 Å². The first-order valence-corrected chi connectivity index (χ1v) is 6.98. The normalized spacial score (nSPS) is 22.8. The molecule has 0 aliphatic carbocycles. The van der Waals surface area contributed by atoms with Crippen molar-refractivity contribution in [2.75, 3.05) is 20.2 Å². The van der Waals surface area contributed by atoms with E-state index < -0.39 is 0 Å². The van der Waals surface area contributed by atoms with Gasteiger partial charge in [0, 0.05) is 17.5 Å². The number of ether oxygens (including phenoxy) is 1. The van der Waals surface area contributed by atoms with Crippen molar-refractivity contribution in [1.29, 1.82) is 0 Å². The van der Waals surface area contributed by atoms with Gasteiger partial charge in [-0.2, -0.15) is 0 Å². The summed E-state index contributed by atoms with van der Waals surface area (Å²) < 4.78 is 5.19. The van der Waals surface area contributed by atoms with E-state index in [0.717, 1.165) is 19.5 Å². The molecule has 0 aromatic heterocycles. The van der Waals surface area contributed by atoms with E-state index >= 15 is 0 Å². The van der Waals surface area contributed by atoms with Gasteiger partial charge >= 0.3 is 0 Å². The van der Waals surface area contributed by atoms with Crippen LogP contribution in [-0.4, -0.2) is 26.0 Å². The number of halogens is 1. The Kier molecular flexibility index (Phi) is 4.16. The second-order valence-corrected chi connectivity index (χ2v) is 5.82. The SMILES string of the molecule is COc1cc(C(=O)C2(C(C)C)CCNC2)ccc1Cl. The summed E-state index contributed by atoms with van der Waals surface area (Å²) >= 11 is 6.01. The second-order valence-electron chi connectivity index (χ2n) is 5.42. The summed E-state index contributed by atoms with van der Waals surface area (Å²) in [5.41, 5.74) is 0.373. The number of hydrogen-bond donors (Lipinski definition) is 1. The smallest absolute Gasteiger partial charge is 0.170 e. The van der Waals surface area contributed by atoms with Crippen molar-refractivity contribution in [2.45, 2.75) is 20.3 Å². The van der Waals surface area contributed by atoms with Gasteiger partial charge in [-0.3, -0.25) is 4.79 Å². The van der Waals surface area contributed by atoms with Gasteiger partial charge in [0.25, 0.3) is 0 Å².